The fraction of sp³-hybridized carbons (Fsp3) is 0.0769. The monoisotopic (exact) mass is 414 g/mol. The maximum Gasteiger partial charge on any atom is 0.343 e. The average Bonchev–Trinajstić information content (AvgIpc) is 2.80. The minimum Gasteiger partial charge on any atom is -0.508 e. The van der Waals surface area contributed by atoms with Crippen molar-refractivity contribution in [1.29, 1.82) is 0 Å². The lowest BCUT2D eigenvalue weighted by atomic mass is 10.0. The van der Waals surface area contributed by atoms with Crippen LogP contribution in [0.2, 0.25) is 0 Å². The molecule has 0 aliphatic heterocycles. The normalized spacial score (nSPS) is 10.6. The molecule has 0 aliphatic rings. The molecule has 156 valence electrons. The Labute approximate surface area is 180 Å². The smallest absolute Gasteiger partial charge is 0.343 e. The summed E-state index contributed by atoms with van der Waals surface area (Å²) in [5, 5.41) is 10.0. The van der Waals surface area contributed by atoms with Gasteiger partial charge in [-0.05, 0) is 66.6 Å². The third-order valence-electron chi connectivity index (χ3n) is 4.57. The number of carbonyl (C=O) groups excluding carboxylic acids is 2. The first kappa shape index (κ1) is 21.6. The number of ketones is 1. The van der Waals surface area contributed by atoms with Gasteiger partial charge in [0.05, 0.1) is 12.7 Å². The maximum atomic E-state index is 12.5. The minimum absolute atomic E-state index is 0.112. The van der Waals surface area contributed by atoms with Gasteiger partial charge >= 0.3 is 5.97 Å². The van der Waals surface area contributed by atoms with Crippen LogP contribution in [0.15, 0.2) is 85.5 Å². The number of esters is 1. The van der Waals surface area contributed by atoms with E-state index in [9.17, 15) is 14.7 Å². The van der Waals surface area contributed by atoms with Crippen LogP contribution in [-0.2, 0) is 6.42 Å². The lowest BCUT2D eigenvalue weighted by Gasteiger charge is -2.09. The summed E-state index contributed by atoms with van der Waals surface area (Å²) in [7, 11) is 1.50. The number of rotatable bonds is 8. The predicted octanol–water partition coefficient (Wildman–Crippen LogP) is 5.24. The molecule has 0 heterocycles. The number of benzene rings is 3. The summed E-state index contributed by atoms with van der Waals surface area (Å²) in [5.41, 5.74) is 2.25. The van der Waals surface area contributed by atoms with E-state index in [4.69, 9.17) is 9.47 Å². The van der Waals surface area contributed by atoms with E-state index < -0.39 is 5.97 Å². The Balaban J connectivity index is 1.72. The largest absolute Gasteiger partial charge is 0.508 e. The van der Waals surface area contributed by atoms with Gasteiger partial charge in [-0.3, -0.25) is 4.79 Å². The molecule has 0 aliphatic carbocycles. The van der Waals surface area contributed by atoms with E-state index in [0.29, 0.717) is 40.2 Å². The van der Waals surface area contributed by atoms with E-state index in [1.807, 2.05) is 6.07 Å². The number of phenols is 1. The molecule has 3 rings (SSSR count). The lowest BCUT2D eigenvalue weighted by Crippen LogP contribution is -2.08. The quantitative estimate of drug-likeness (QED) is 0.179. The van der Waals surface area contributed by atoms with Crippen LogP contribution in [0.5, 0.6) is 17.2 Å². The third-order valence-corrected chi connectivity index (χ3v) is 4.57. The molecular weight excluding hydrogens is 392 g/mol. The Morgan fingerprint density at radius 2 is 1.71 bits per heavy atom. The van der Waals surface area contributed by atoms with Crippen LogP contribution in [-0.4, -0.2) is 24.0 Å². The SMILES string of the molecule is C=CCc1cc(C=CC(=O)c2ccc(OC(=O)c3ccccc3)cc2)c(OC)cc1O. The number of hydrogen-bond donors (Lipinski definition) is 1. The second-order valence-electron chi connectivity index (χ2n) is 6.69. The third kappa shape index (κ3) is 5.48. The van der Waals surface area contributed by atoms with Gasteiger partial charge in [0.2, 0.25) is 0 Å². The molecule has 1 N–H and O–H groups in total. The topological polar surface area (TPSA) is 72.8 Å². The number of methoxy groups -OCH3 is 1. The van der Waals surface area contributed by atoms with E-state index in [-0.39, 0.29) is 11.5 Å². The highest BCUT2D eigenvalue weighted by atomic mass is 16.5. The molecule has 3 aromatic rings. The molecule has 3 aromatic carbocycles. The molecule has 31 heavy (non-hydrogen) atoms. The number of ether oxygens (including phenoxy) is 2. The Kier molecular flexibility index (Phi) is 7.01. The summed E-state index contributed by atoms with van der Waals surface area (Å²) < 4.78 is 10.6. The Morgan fingerprint density at radius 1 is 1.00 bits per heavy atom. The van der Waals surface area contributed by atoms with Crippen LogP contribution in [0.4, 0.5) is 0 Å². The predicted molar refractivity (Wildman–Crippen MR) is 120 cm³/mol. The van der Waals surface area contributed by atoms with Crippen molar-refractivity contribution in [2.75, 3.05) is 7.11 Å². The molecule has 0 spiro atoms. The van der Waals surface area contributed by atoms with Gasteiger partial charge in [0.15, 0.2) is 5.78 Å². The summed E-state index contributed by atoms with van der Waals surface area (Å²) in [6, 6.07) is 18.3. The first-order chi connectivity index (χ1) is 15.0. The van der Waals surface area contributed by atoms with E-state index in [0.717, 1.165) is 0 Å². The first-order valence-corrected chi connectivity index (χ1v) is 9.62. The van der Waals surface area contributed by atoms with Crippen molar-refractivity contribution >= 4 is 17.8 Å². The van der Waals surface area contributed by atoms with Crippen LogP contribution in [0, 0.1) is 0 Å². The van der Waals surface area contributed by atoms with Crippen molar-refractivity contribution in [1.82, 2.24) is 0 Å². The van der Waals surface area contributed by atoms with Gasteiger partial charge in [-0.25, -0.2) is 4.79 Å². The van der Waals surface area contributed by atoms with Crippen LogP contribution in [0.25, 0.3) is 6.08 Å². The average molecular weight is 414 g/mol. The fourth-order valence-electron chi connectivity index (χ4n) is 2.95. The summed E-state index contributed by atoms with van der Waals surface area (Å²) in [5.74, 6) is 0.234. The molecule has 0 unspecified atom stereocenters. The molecule has 5 nitrogen and oxygen atoms in total. The standard InChI is InChI=1S/C26H22O5/c1-3-7-20-16-21(25(30-2)17-24(20)28)12-15-23(27)18-10-13-22(14-11-18)31-26(29)19-8-5-4-6-9-19/h3-6,8-17,28H,1,7H2,2H3. The summed E-state index contributed by atoms with van der Waals surface area (Å²) in [6.07, 6.45) is 5.24. The van der Waals surface area contributed by atoms with Crippen LogP contribution in [0.1, 0.15) is 31.8 Å². The van der Waals surface area contributed by atoms with Gasteiger partial charge < -0.3 is 14.6 Å². The van der Waals surface area contributed by atoms with Gasteiger partial charge in [-0.15, -0.1) is 6.58 Å². The Bertz CT molecular complexity index is 1110. The molecule has 0 atom stereocenters. The Hall–Kier alpha value is -4.12. The van der Waals surface area contributed by atoms with E-state index in [1.54, 1.807) is 66.7 Å². The zero-order valence-electron chi connectivity index (χ0n) is 17.1. The van der Waals surface area contributed by atoms with E-state index >= 15 is 0 Å². The van der Waals surface area contributed by atoms with Crippen LogP contribution in [0.3, 0.4) is 0 Å². The van der Waals surface area contributed by atoms with Crippen molar-refractivity contribution in [2.45, 2.75) is 6.42 Å². The summed E-state index contributed by atoms with van der Waals surface area (Å²) in [4.78, 5) is 24.7. The highest BCUT2D eigenvalue weighted by molar-refractivity contribution is 6.07. The van der Waals surface area contributed by atoms with Gasteiger partial charge in [-0.2, -0.15) is 0 Å². The summed E-state index contributed by atoms with van der Waals surface area (Å²) in [6.45, 7) is 3.68. The van der Waals surface area contributed by atoms with Crippen molar-refractivity contribution in [3.05, 3.63) is 108 Å². The Morgan fingerprint density at radius 3 is 2.35 bits per heavy atom. The van der Waals surface area contributed by atoms with Crippen LogP contribution >= 0.6 is 0 Å². The number of carbonyl (C=O) groups is 2. The fourth-order valence-corrected chi connectivity index (χ4v) is 2.95. The van der Waals surface area contributed by atoms with Crippen molar-refractivity contribution < 1.29 is 24.2 Å². The van der Waals surface area contributed by atoms with E-state index in [2.05, 4.69) is 6.58 Å². The molecule has 0 bridgehead atoms. The van der Waals surface area contributed by atoms with Gasteiger partial charge in [0.25, 0.3) is 0 Å². The van der Waals surface area contributed by atoms with Crippen molar-refractivity contribution in [3.63, 3.8) is 0 Å². The summed E-state index contributed by atoms with van der Waals surface area (Å²) >= 11 is 0. The van der Waals surface area contributed by atoms with Gasteiger partial charge in [0.1, 0.15) is 17.2 Å². The highest BCUT2D eigenvalue weighted by Gasteiger charge is 2.10. The maximum absolute atomic E-state index is 12.5. The van der Waals surface area contributed by atoms with Gasteiger partial charge in [0, 0.05) is 17.2 Å². The highest BCUT2D eigenvalue weighted by Crippen LogP contribution is 2.30. The molecule has 0 aromatic heterocycles. The lowest BCUT2D eigenvalue weighted by molar-refractivity contribution is 0.0734. The number of aromatic hydroxyl groups is 1. The van der Waals surface area contributed by atoms with E-state index in [1.165, 1.54) is 19.3 Å². The number of allylic oxidation sites excluding steroid dienone is 2. The zero-order chi connectivity index (χ0) is 22.2. The molecule has 0 saturated carbocycles. The molecule has 0 radical (unpaired) electrons. The molecule has 0 saturated heterocycles. The number of phenolic OH excluding ortho intramolecular Hbond substituents is 1. The van der Waals surface area contributed by atoms with Crippen molar-refractivity contribution in [2.24, 2.45) is 0 Å². The molecule has 5 heteroatoms. The van der Waals surface area contributed by atoms with Gasteiger partial charge in [-0.1, -0.05) is 24.3 Å². The van der Waals surface area contributed by atoms with Crippen molar-refractivity contribution in [3.8, 4) is 17.2 Å². The first-order valence-electron chi connectivity index (χ1n) is 9.62. The number of hydrogen-bond acceptors (Lipinski definition) is 5. The van der Waals surface area contributed by atoms with Crippen LogP contribution < -0.4 is 9.47 Å². The molecule has 0 amide bonds. The molecule has 0 fully saturated rings. The zero-order valence-corrected chi connectivity index (χ0v) is 17.1. The second-order valence-corrected chi connectivity index (χ2v) is 6.69. The minimum atomic E-state index is -0.464. The second kappa shape index (κ2) is 10.1. The molecular formula is C26H22O5.